The molecular weight excluding hydrogens is 470 g/mol. The summed E-state index contributed by atoms with van der Waals surface area (Å²) in [5.41, 5.74) is 3.92. The number of carbonyl (C=O) groups excluding carboxylic acids is 1. The van der Waals surface area contributed by atoms with Gasteiger partial charge in [0.25, 0.3) is 0 Å². The van der Waals surface area contributed by atoms with E-state index in [2.05, 4.69) is 48.5 Å². The summed E-state index contributed by atoms with van der Waals surface area (Å²) in [6.45, 7) is 1.90. The maximum atomic E-state index is 10.5. The molecule has 2 aromatic rings. The van der Waals surface area contributed by atoms with Gasteiger partial charge >= 0.3 is 0 Å². The van der Waals surface area contributed by atoms with Crippen LogP contribution in [0, 0.1) is 37.0 Å². The molecule has 0 bridgehead atoms. The third-order valence-corrected chi connectivity index (χ3v) is 3.31. The molecule has 0 unspecified atom stereocenters. The van der Waals surface area contributed by atoms with E-state index in [4.69, 9.17) is 0 Å². The molecule has 0 aliphatic heterocycles. The van der Waals surface area contributed by atoms with Gasteiger partial charge in [0.1, 0.15) is 0 Å². The van der Waals surface area contributed by atoms with Crippen molar-refractivity contribution in [3.63, 3.8) is 0 Å². The monoisotopic (exact) mass is 489 g/mol. The quantitative estimate of drug-likeness (QED) is 0.565. The van der Waals surface area contributed by atoms with Gasteiger partial charge in [0, 0.05) is 31.1 Å². The van der Waals surface area contributed by atoms with Gasteiger partial charge in [0.2, 0.25) is 0 Å². The topological polar surface area (TPSA) is 17.1 Å². The van der Waals surface area contributed by atoms with Crippen LogP contribution in [0.4, 0.5) is 0 Å². The molecule has 1 nitrogen and oxygen atoms in total. The molecule has 0 fully saturated rings. The second-order valence-electron chi connectivity index (χ2n) is 5.03. The second kappa shape index (κ2) is 9.16. The van der Waals surface area contributed by atoms with Gasteiger partial charge in [-0.1, -0.05) is 67.1 Å². The Bertz CT molecular complexity index is 505. The van der Waals surface area contributed by atoms with Gasteiger partial charge < -0.3 is 4.79 Å². The Morgan fingerprint density at radius 3 is 1.90 bits per heavy atom. The largest absolute Gasteiger partial charge is 0.542 e. The predicted molar refractivity (Wildman–Crippen MR) is 78.9 cm³/mol. The summed E-state index contributed by atoms with van der Waals surface area (Å²) in [5, 5.41) is 0. The Morgan fingerprint density at radius 2 is 1.35 bits per heavy atom. The average molecular weight is 489 g/mol. The molecule has 2 rings (SSSR count). The van der Waals surface area contributed by atoms with Crippen molar-refractivity contribution in [3.8, 4) is 0 Å². The van der Waals surface area contributed by atoms with Gasteiger partial charge in [0.15, 0.2) is 0 Å². The SMILES string of the molecule is C[C@H]([C-]=O)Cc1ccc(CCc2ccccc2)cc1.[U]. The van der Waals surface area contributed by atoms with Crippen molar-refractivity contribution in [3.05, 3.63) is 71.3 Å². The van der Waals surface area contributed by atoms with E-state index in [9.17, 15) is 4.79 Å². The van der Waals surface area contributed by atoms with E-state index in [0.29, 0.717) is 0 Å². The minimum absolute atomic E-state index is 0. The van der Waals surface area contributed by atoms with E-state index in [1.165, 1.54) is 16.7 Å². The summed E-state index contributed by atoms with van der Waals surface area (Å²) in [6, 6.07) is 19.1. The van der Waals surface area contributed by atoms with Gasteiger partial charge in [-0.3, -0.25) is 6.29 Å². The average Bonchev–Trinajstić information content (AvgIpc) is 2.47. The van der Waals surface area contributed by atoms with Crippen molar-refractivity contribution in [1.29, 1.82) is 0 Å². The first kappa shape index (κ1) is 17.2. The van der Waals surface area contributed by atoms with Gasteiger partial charge in [-0.2, -0.15) is 0 Å². The molecule has 0 aliphatic rings. The summed E-state index contributed by atoms with van der Waals surface area (Å²) in [4.78, 5) is 10.5. The van der Waals surface area contributed by atoms with Crippen LogP contribution in [0.25, 0.3) is 0 Å². The van der Waals surface area contributed by atoms with Crippen LogP contribution in [0.15, 0.2) is 54.6 Å². The minimum atomic E-state index is -0.0184. The van der Waals surface area contributed by atoms with Crippen LogP contribution >= 0.6 is 0 Å². The van der Waals surface area contributed by atoms with Crippen LogP contribution in [0.3, 0.4) is 0 Å². The van der Waals surface area contributed by atoms with E-state index in [-0.39, 0.29) is 37.0 Å². The number of aryl methyl sites for hydroxylation is 2. The molecule has 20 heavy (non-hydrogen) atoms. The smallest absolute Gasteiger partial charge is 0 e. The van der Waals surface area contributed by atoms with E-state index in [1.54, 1.807) is 0 Å². The summed E-state index contributed by atoms with van der Waals surface area (Å²) >= 11 is 0. The van der Waals surface area contributed by atoms with Crippen LogP contribution in [0.5, 0.6) is 0 Å². The first-order valence-corrected chi connectivity index (χ1v) is 6.77. The van der Waals surface area contributed by atoms with Crippen molar-refractivity contribution < 1.29 is 35.9 Å². The fraction of sp³-hybridized carbons (Fsp3) is 0.278. The van der Waals surface area contributed by atoms with Crippen LogP contribution < -0.4 is 0 Å². The normalized spacial score (nSPS) is 11.4. The summed E-state index contributed by atoms with van der Waals surface area (Å²) in [5.74, 6) is -0.0184. The Morgan fingerprint density at radius 1 is 0.850 bits per heavy atom. The number of benzene rings is 2. The van der Waals surface area contributed by atoms with Crippen molar-refractivity contribution in [2.45, 2.75) is 26.2 Å². The van der Waals surface area contributed by atoms with E-state index in [0.717, 1.165) is 19.3 Å². The first-order valence-electron chi connectivity index (χ1n) is 6.77. The first-order chi connectivity index (χ1) is 9.28. The Balaban J connectivity index is 0.00000200. The molecule has 0 heterocycles. The minimum Gasteiger partial charge on any atom is -0.542 e. The van der Waals surface area contributed by atoms with E-state index in [1.807, 2.05) is 19.3 Å². The molecule has 0 aliphatic carbocycles. The molecule has 0 spiro atoms. The molecular formula is C18H19OU-. The number of rotatable bonds is 6. The van der Waals surface area contributed by atoms with Crippen molar-refractivity contribution in [2.75, 3.05) is 0 Å². The maximum absolute atomic E-state index is 10.5. The van der Waals surface area contributed by atoms with Crippen molar-refractivity contribution in [1.82, 2.24) is 0 Å². The third-order valence-electron chi connectivity index (χ3n) is 3.31. The molecule has 0 amide bonds. The van der Waals surface area contributed by atoms with Crippen molar-refractivity contribution >= 4 is 6.29 Å². The zero-order valence-electron chi connectivity index (χ0n) is 11.8. The molecule has 102 valence electrons. The zero-order valence-corrected chi connectivity index (χ0v) is 16.0. The number of hydrogen-bond acceptors (Lipinski definition) is 1. The molecule has 2 aromatic carbocycles. The third kappa shape index (κ3) is 5.65. The Kier molecular flexibility index (Phi) is 7.89. The Labute approximate surface area is 145 Å². The van der Waals surface area contributed by atoms with E-state index >= 15 is 0 Å². The molecule has 1 atom stereocenters. The fourth-order valence-electron chi connectivity index (χ4n) is 2.17. The van der Waals surface area contributed by atoms with Gasteiger partial charge in [-0.05, 0) is 30.4 Å². The van der Waals surface area contributed by atoms with Crippen molar-refractivity contribution in [2.24, 2.45) is 5.92 Å². The van der Waals surface area contributed by atoms with Crippen LogP contribution in [-0.4, -0.2) is 6.29 Å². The van der Waals surface area contributed by atoms with Crippen LogP contribution in [0.2, 0.25) is 0 Å². The van der Waals surface area contributed by atoms with Crippen LogP contribution in [-0.2, 0) is 24.1 Å². The molecule has 0 N–H and O–H groups in total. The molecule has 2 heteroatoms. The molecule has 0 radical (unpaired) electrons. The number of hydrogen-bond donors (Lipinski definition) is 0. The Hall–Kier alpha value is -0.838. The van der Waals surface area contributed by atoms with Crippen LogP contribution in [0.1, 0.15) is 23.6 Å². The second-order valence-corrected chi connectivity index (χ2v) is 5.03. The molecule has 0 saturated heterocycles. The van der Waals surface area contributed by atoms with Gasteiger partial charge in [-0.15, -0.1) is 5.92 Å². The van der Waals surface area contributed by atoms with Gasteiger partial charge in [0.05, 0.1) is 0 Å². The maximum Gasteiger partial charge on any atom is 0 e. The summed E-state index contributed by atoms with van der Waals surface area (Å²) in [6.07, 6.45) is 4.93. The van der Waals surface area contributed by atoms with Gasteiger partial charge in [-0.25, -0.2) is 0 Å². The predicted octanol–water partition coefficient (Wildman–Crippen LogP) is 3.76. The molecule has 0 aromatic heterocycles. The summed E-state index contributed by atoms with van der Waals surface area (Å²) in [7, 11) is 0. The fourth-order valence-corrected chi connectivity index (χ4v) is 2.17. The summed E-state index contributed by atoms with van der Waals surface area (Å²) < 4.78 is 0. The van der Waals surface area contributed by atoms with E-state index < -0.39 is 0 Å². The zero-order chi connectivity index (χ0) is 13.5. The molecule has 0 saturated carbocycles. The standard InChI is InChI=1S/C18H19O.U/c1-15(14-19)13-18-11-9-17(10-12-18)8-7-16-5-3-2-4-6-16;/h2-6,9-12,15H,7-8,13H2,1H3;/q-1;/t15-;/m0./s1.